The molecule has 1 heterocycles. The maximum atomic E-state index is 12.3. The van der Waals surface area contributed by atoms with Gasteiger partial charge in [-0.25, -0.2) is 0 Å². The van der Waals surface area contributed by atoms with Crippen molar-refractivity contribution in [2.75, 3.05) is 12.9 Å². The smallest absolute Gasteiger partial charge is 0.230 e. The lowest BCUT2D eigenvalue weighted by Gasteiger charge is -2.15. The summed E-state index contributed by atoms with van der Waals surface area (Å²) >= 11 is 1.37. The first-order chi connectivity index (χ1) is 15.4. The molecule has 8 heteroatoms. The lowest BCUT2D eigenvalue weighted by atomic mass is 10.1. The topological polar surface area (TPSA) is 78.3 Å². The third-order valence-electron chi connectivity index (χ3n) is 4.92. The Bertz CT molecular complexity index is 1050. The van der Waals surface area contributed by atoms with E-state index in [1.165, 1.54) is 17.3 Å². The number of hydrogen-bond acceptors (Lipinski definition) is 6. The highest BCUT2D eigenvalue weighted by atomic mass is 32.2. The average molecular weight is 455 g/mol. The molecule has 0 aliphatic rings. The second-order valence-corrected chi connectivity index (χ2v) is 8.78. The van der Waals surface area contributed by atoms with Gasteiger partial charge in [0.25, 0.3) is 0 Å². The highest BCUT2D eigenvalue weighted by Crippen LogP contribution is 2.24. The van der Waals surface area contributed by atoms with Crippen molar-refractivity contribution in [2.45, 2.75) is 52.0 Å². The maximum Gasteiger partial charge on any atom is 0.230 e. The zero-order valence-corrected chi connectivity index (χ0v) is 20.0. The molecule has 0 fully saturated rings. The van der Waals surface area contributed by atoms with E-state index in [1.54, 1.807) is 7.11 Å². The zero-order chi connectivity index (χ0) is 23.1. The number of rotatable bonds is 10. The maximum absolute atomic E-state index is 12.3. The lowest BCUT2D eigenvalue weighted by Crippen LogP contribution is -2.24. The van der Waals surface area contributed by atoms with Gasteiger partial charge in [0.15, 0.2) is 11.0 Å². The Balaban J connectivity index is 1.56. The van der Waals surface area contributed by atoms with Crippen molar-refractivity contribution >= 4 is 17.7 Å². The summed E-state index contributed by atoms with van der Waals surface area (Å²) in [6.45, 7) is 9.01. The Hall–Kier alpha value is -3.00. The summed E-state index contributed by atoms with van der Waals surface area (Å²) in [5.41, 5.74) is 3.30. The van der Waals surface area contributed by atoms with E-state index >= 15 is 0 Å². The summed E-state index contributed by atoms with van der Waals surface area (Å²) in [7, 11) is 1.63. The third-order valence-corrected chi connectivity index (χ3v) is 5.86. The molecule has 0 atom stereocenters. The summed E-state index contributed by atoms with van der Waals surface area (Å²) in [6, 6.07) is 13.9. The van der Waals surface area contributed by atoms with E-state index in [9.17, 15) is 4.79 Å². The molecule has 0 spiro atoms. The van der Waals surface area contributed by atoms with Crippen molar-refractivity contribution in [1.82, 2.24) is 20.1 Å². The summed E-state index contributed by atoms with van der Waals surface area (Å²) in [5.74, 6) is 2.57. The number of aromatic nitrogens is 3. The predicted molar refractivity (Wildman–Crippen MR) is 126 cm³/mol. The molecular weight excluding hydrogens is 424 g/mol. The summed E-state index contributed by atoms with van der Waals surface area (Å²) in [4.78, 5) is 12.3. The van der Waals surface area contributed by atoms with Gasteiger partial charge < -0.3 is 19.4 Å². The van der Waals surface area contributed by atoms with Crippen molar-refractivity contribution in [3.05, 3.63) is 65.0 Å². The highest BCUT2D eigenvalue weighted by molar-refractivity contribution is 7.99. The van der Waals surface area contributed by atoms with Gasteiger partial charge in [-0.3, -0.25) is 4.79 Å². The first-order valence-corrected chi connectivity index (χ1v) is 11.5. The molecule has 3 rings (SSSR count). The van der Waals surface area contributed by atoms with Gasteiger partial charge in [0.2, 0.25) is 5.91 Å². The van der Waals surface area contributed by atoms with Gasteiger partial charge in [0.05, 0.1) is 12.9 Å². The van der Waals surface area contributed by atoms with Crippen LogP contribution in [0.15, 0.2) is 47.6 Å². The minimum atomic E-state index is -0.0581. The molecule has 1 aromatic heterocycles. The molecule has 0 saturated heterocycles. The fourth-order valence-electron chi connectivity index (χ4n) is 3.25. The summed E-state index contributed by atoms with van der Waals surface area (Å²) < 4.78 is 13.2. The van der Waals surface area contributed by atoms with Crippen LogP contribution in [0, 0.1) is 13.8 Å². The number of nitrogens with one attached hydrogen (secondary N) is 1. The summed E-state index contributed by atoms with van der Waals surface area (Å²) in [5, 5.41) is 12.3. The number of nitrogens with zero attached hydrogens (tertiary/aromatic N) is 3. The van der Waals surface area contributed by atoms with Crippen LogP contribution in [0.3, 0.4) is 0 Å². The van der Waals surface area contributed by atoms with E-state index in [4.69, 9.17) is 9.47 Å². The van der Waals surface area contributed by atoms with E-state index in [2.05, 4.69) is 42.4 Å². The fourth-order valence-corrected chi connectivity index (χ4v) is 4.17. The van der Waals surface area contributed by atoms with Crippen LogP contribution in [0.2, 0.25) is 0 Å². The molecule has 0 radical (unpaired) electrons. The van der Waals surface area contributed by atoms with Crippen molar-refractivity contribution in [3.63, 3.8) is 0 Å². The molecule has 32 heavy (non-hydrogen) atoms. The number of thioether (sulfide) groups is 1. The van der Waals surface area contributed by atoms with Crippen LogP contribution in [0.5, 0.6) is 11.5 Å². The van der Waals surface area contributed by atoms with Crippen molar-refractivity contribution in [2.24, 2.45) is 0 Å². The number of hydrogen-bond donors (Lipinski definition) is 1. The van der Waals surface area contributed by atoms with E-state index in [0.29, 0.717) is 18.3 Å². The molecule has 0 aliphatic heterocycles. The van der Waals surface area contributed by atoms with Crippen LogP contribution in [-0.4, -0.2) is 33.5 Å². The number of benzene rings is 2. The quantitative estimate of drug-likeness (QED) is 0.455. The first-order valence-electron chi connectivity index (χ1n) is 10.5. The number of carbonyl (C=O) groups excluding carboxylic acids is 1. The molecule has 0 unspecified atom stereocenters. The van der Waals surface area contributed by atoms with E-state index in [-0.39, 0.29) is 17.7 Å². The molecule has 0 saturated carbocycles. The Morgan fingerprint density at radius 3 is 2.53 bits per heavy atom. The van der Waals surface area contributed by atoms with Crippen molar-refractivity contribution < 1.29 is 14.3 Å². The predicted octanol–water partition coefficient (Wildman–Crippen LogP) is 4.47. The molecule has 0 bridgehead atoms. The molecular formula is C24H30N4O3S. The van der Waals surface area contributed by atoms with Crippen LogP contribution in [0.25, 0.3) is 0 Å². The molecule has 3 aromatic rings. The molecule has 7 nitrogen and oxygen atoms in total. The van der Waals surface area contributed by atoms with Crippen LogP contribution in [-0.2, 0) is 17.9 Å². The normalized spacial score (nSPS) is 10.9. The summed E-state index contributed by atoms with van der Waals surface area (Å²) in [6.07, 6.45) is 0. The Morgan fingerprint density at radius 2 is 1.88 bits per heavy atom. The Labute approximate surface area is 193 Å². The van der Waals surface area contributed by atoms with Crippen LogP contribution in [0.1, 0.15) is 42.4 Å². The van der Waals surface area contributed by atoms with Crippen molar-refractivity contribution in [3.8, 4) is 11.5 Å². The standard InChI is InChI=1S/C24H30N4O3S/c1-16(2)28-22(14-31-21-11-6-17(3)12-18(21)4)26-27-24(28)32-15-23(29)25-13-19-7-9-20(30-5)10-8-19/h6-12,16H,13-15H2,1-5H3,(H,25,29). The number of aryl methyl sites for hydroxylation is 2. The van der Waals surface area contributed by atoms with Gasteiger partial charge >= 0.3 is 0 Å². The van der Waals surface area contributed by atoms with E-state index in [1.807, 2.05) is 47.9 Å². The van der Waals surface area contributed by atoms with Gasteiger partial charge in [-0.15, -0.1) is 10.2 Å². The highest BCUT2D eigenvalue weighted by Gasteiger charge is 2.17. The van der Waals surface area contributed by atoms with Gasteiger partial charge in [-0.05, 0) is 57.0 Å². The monoisotopic (exact) mass is 454 g/mol. The molecule has 0 aliphatic carbocycles. The van der Waals surface area contributed by atoms with Crippen LogP contribution >= 0.6 is 11.8 Å². The molecule has 1 amide bonds. The Kier molecular flexibility index (Phi) is 8.16. The van der Waals surface area contributed by atoms with Gasteiger partial charge in [-0.2, -0.15) is 0 Å². The average Bonchev–Trinajstić information content (AvgIpc) is 3.19. The van der Waals surface area contributed by atoms with Crippen molar-refractivity contribution in [1.29, 1.82) is 0 Å². The minimum Gasteiger partial charge on any atom is -0.497 e. The Morgan fingerprint density at radius 1 is 1.12 bits per heavy atom. The fraction of sp³-hybridized carbons (Fsp3) is 0.375. The number of amides is 1. The minimum absolute atomic E-state index is 0.0581. The first kappa shape index (κ1) is 23.7. The third kappa shape index (κ3) is 6.26. The SMILES string of the molecule is COc1ccc(CNC(=O)CSc2nnc(COc3ccc(C)cc3C)n2C(C)C)cc1. The van der Waals surface area contributed by atoms with E-state index in [0.717, 1.165) is 28.5 Å². The zero-order valence-electron chi connectivity index (χ0n) is 19.2. The second kappa shape index (κ2) is 11.0. The number of ether oxygens (including phenoxy) is 2. The number of carbonyl (C=O) groups is 1. The molecule has 170 valence electrons. The lowest BCUT2D eigenvalue weighted by molar-refractivity contribution is -0.118. The van der Waals surface area contributed by atoms with Crippen LogP contribution < -0.4 is 14.8 Å². The second-order valence-electron chi connectivity index (χ2n) is 7.83. The van der Waals surface area contributed by atoms with E-state index < -0.39 is 0 Å². The molecule has 2 aromatic carbocycles. The van der Waals surface area contributed by atoms with Gasteiger partial charge in [-0.1, -0.05) is 41.6 Å². The number of methoxy groups -OCH3 is 1. The molecule has 1 N–H and O–H groups in total. The van der Waals surface area contributed by atoms with Gasteiger partial charge in [0, 0.05) is 12.6 Å². The largest absolute Gasteiger partial charge is 0.497 e. The van der Waals surface area contributed by atoms with Gasteiger partial charge in [0.1, 0.15) is 18.1 Å². The van der Waals surface area contributed by atoms with Crippen LogP contribution in [0.4, 0.5) is 0 Å².